The van der Waals surface area contributed by atoms with Crippen molar-refractivity contribution in [3.05, 3.63) is 27.9 Å². The Balaban J connectivity index is 3.38. The SMILES string of the molecule is CO/N=C(/C(=O)OC)c1c(C)nc[nH]c1=O. The highest BCUT2D eigenvalue weighted by Gasteiger charge is 2.21. The van der Waals surface area contributed by atoms with E-state index in [4.69, 9.17) is 0 Å². The summed E-state index contributed by atoms with van der Waals surface area (Å²) in [7, 11) is 2.45. The summed E-state index contributed by atoms with van der Waals surface area (Å²) >= 11 is 0. The second-order valence-electron chi connectivity index (χ2n) is 2.81. The van der Waals surface area contributed by atoms with Gasteiger partial charge in [0.15, 0.2) is 0 Å². The summed E-state index contributed by atoms with van der Waals surface area (Å²) in [6.07, 6.45) is 1.24. The maximum absolute atomic E-state index is 11.5. The minimum atomic E-state index is -0.761. The van der Waals surface area contributed by atoms with Crippen molar-refractivity contribution in [1.29, 1.82) is 0 Å². The van der Waals surface area contributed by atoms with E-state index in [0.717, 1.165) is 0 Å². The molecule has 0 radical (unpaired) electrons. The number of nitrogens with zero attached hydrogens (tertiary/aromatic N) is 2. The Kier molecular flexibility index (Phi) is 3.76. The molecule has 0 aromatic carbocycles. The van der Waals surface area contributed by atoms with E-state index in [-0.39, 0.29) is 11.3 Å². The van der Waals surface area contributed by atoms with E-state index in [1.807, 2.05) is 0 Å². The molecular formula is C9H11N3O4. The number of carbonyl (C=O) groups excluding carboxylic acids is 1. The maximum Gasteiger partial charge on any atom is 0.361 e. The molecule has 0 fully saturated rings. The largest absolute Gasteiger partial charge is 0.464 e. The lowest BCUT2D eigenvalue weighted by Crippen LogP contribution is -2.27. The van der Waals surface area contributed by atoms with Crippen molar-refractivity contribution >= 4 is 11.7 Å². The number of aromatic nitrogens is 2. The third-order valence-corrected chi connectivity index (χ3v) is 1.84. The van der Waals surface area contributed by atoms with Crippen LogP contribution in [0.3, 0.4) is 0 Å². The Bertz CT molecular complexity index is 478. The quantitative estimate of drug-likeness (QED) is 0.429. The van der Waals surface area contributed by atoms with Gasteiger partial charge in [0.05, 0.1) is 24.7 Å². The molecule has 16 heavy (non-hydrogen) atoms. The van der Waals surface area contributed by atoms with Crippen LogP contribution in [0.2, 0.25) is 0 Å². The summed E-state index contributed by atoms with van der Waals surface area (Å²) in [6, 6.07) is 0. The number of ether oxygens (including phenoxy) is 1. The van der Waals surface area contributed by atoms with E-state index < -0.39 is 11.5 Å². The molecule has 0 amide bonds. The number of H-pyrrole nitrogens is 1. The Morgan fingerprint density at radius 1 is 1.50 bits per heavy atom. The van der Waals surface area contributed by atoms with Crippen molar-refractivity contribution in [2.75, 3.05) is 14.2 Å². The lowest BCUT2D eigenvalue weighted by molar-refractivity contribution is -0.132. The van der Waals surface area contributed by atoms with Crippen LogP contribution in [0, 0.1) is 6.92 Å². The molecule has 7 heteroatoms. The second-order valence-corrected chi connectivity index (χ2v) is 2.81. The number of methoxy groups -OCH3 is 1. The molecule has 0 saturated carbocycles. The zero-order valence-electron chi connectivity index (χ0n) is 9.10. The van der Waals surface area contributed by atoms with Crippen LogP contribution in [-0.4, -0.2) is 35.9 Å². The van der Waals surface area contributed by atoms with Crippen molar-refractivity contribution < 1.29 is 14.4 Å². The molecule has 1 N–H and O–H groups in total. The van der Waals surface area contributed by atoms with Gasteiger partial charge < -0.3 is 14.6 Å². The van der Waals surface area contributed by atoms with Crippen LogP contribution in [0.4, 0.5) is 0 Å². The minimum Gasteiger partial charge on any atom is -0.464 e. The predicted molar refractivity (Wildman–Crippen MR) is 55.2 cm³/mol. The first-order chi connectivity index (χ1) is 7.61. The first-order valence-corrected chi connectivity index (χ1v) is 4.36. The molecule has 0 saturated heterocycles. The number of nitrogens with one attached hydrogen (secondary N) is 1. The van der Waals surface area contributed by atoms with Crippen LogP contribution >= 0.6 is 0 Å². The van der Waals surface area contributed by atoms with Crippen molar-refractivity contribution in [1.82, 2.24) is 9.97 Å². The fourth-order valence-corrected chi connectivity index (χ4v) is 1.14. The zero-order valence-corrected chi connectivity index (χ0v) is 9.10. The average Bonchev–Trinajstić information content (AvgIpc) is 2.26. The van der Waals surface area contributed by atoms with Gasteiger partial charge >= 0.3 is 5.97 Å². The standard InChI is InChI=1S/C9H11N3O4/c1-5-6(8(13)11-4-10-5)7(12-16-3)9(14)15-2/h4H,1-3H3,(H,10,11,13)/b12-7+. The van der Waals surface area contributed by atoms with Gasteiger partial charge in [0.2, 0.25) is 5.71 Å². The van der Waals surface area contributed by atoms with E-state index in [2.05, 4.69) is 24.7 Å². The monoisotopic (exact) mass is 225 g/mol. The van der Waals surface area contributed by atoms with Crippen molar-refractivity contribution in [2.24, 2.45) is 5.16 Å². The van der Waals surface area contributed by atoms with Crippen molar-refractivity contribution in [2.45, 2.75) is 6.92 Å². The van der Waals surface area contributed by atoms with E-state index >= 15 is 0 Å². The molecule has 0 spiro atoms. The number of hydrogen-bond donors (Lipinski definition) is 1. The molecule has 1 heterocycles. The van der Waals surface area contributed by atoms with Gasteiger partial charge in [-0.25, -0.2) is 9.78 Å². The second kappa shape index (κ2) is 5.06. The summed E-state index contributed by atoms with van der Waals surface area (Å²) in [5, 5.41) is 3.47. The minimum absolute atomic E-state index is 0.0381. The Morgan fingerprint density at radius 3 is 2.69 bits per heavy atom. The third kappa shape index (κ3) is 2.25. The molecule has 0 aliphatic carbocycles. The van der Waals surface area contributed by atoms with Gasteiger partial charge in [-0.1, -0.05) is 5.16 Å². The average molecular weight is 225 g/mol. The van der Waals surface area contributed by atoms with Crippen LogP contribution in [0.5, 0.6) is 0 Å². The maximum atomic E-state index is 11.5. The van der Waals surface area contributed by atoms with Crippen molar-refractivity contribution in [3.8, 4) is 0 Å². The molecule has 0 atom stereocenters. The lowest BCUT2D eigenvalue weighted by atomic mass is 10.1. The van der Waals surface area contributed by atoms with E-state index in [9.17, 15) is 9.59 Å². The highest BCUT2D eigenvalue weighted by molar-refractivity contribution is 6.43. The van der Waals surface area contributed by atoms with Crippen LogP contribution in [-0.2, 0) is 14.4 Å². The number of aryl methyl sites for hydroxylation is 1. The van der Waals surface area contributed by atoms with Gasteiger partial charge in [-0.15, -0.1) is 0 Å². The molecule has 1 aromatic rings. The summed E-state index contributed by atoms with van der Waals surface area (Å²) < 4.78 is 4.50. The number of aromatic amines is 1. The smallest absolute Gasteiger partial charge is 0.361 e. The Hall–Kier alpha value is -2.18. The fourth-order valence-electron chi connectivity index (χ4n) is 1.14. The number of esters is 1. The molecule has 0 unspecified atom stereocenters. The number of oxime groups is 1. The first-order valence-electron chi connectivity index (χ1n) is 4.36. The number of hydrogen-bond acceptors (Lipinski definition) is 6. The van der Waals surface area contributed by atoms with Crippen LogP contribution in [0.1, 0.15) is 11.3 Å². The van der Waals surface area contributed by atoms with Gasteiger partial charge in [0.25, 0.3) is 5.56 Å². The fraction of sp³-hybridized carbons (Fsp3) is 0.333. The molecule has 1 aromatic heterocycles. The summed E-state index contributed by atoms with van der Waals surface area (Å²) in [4.78, 5) is 33.6. The molecule has 0 aliphatic rings. The predicted octanol–water partition coefficient (Wildman–Crippen LogP) is -0.398. The van der Waals surface area contributed by atoms with Crippen LogP contribution in [0.15, 0.2) is 16.3 Å². The molecule has 1 rings (SSSR count). The highest BCUT2D eigenvalue weighted by atomic mass is 16.6. The van der Waals surface area contributed by atoms with Crippen LogP contribution in [0.25, 0.3) is 0 Å². The third-order valence-electron chi connectivity index (χ3n) is 1.84. The van der Waals surface area contributed by atoms with E-state index in [1.165, 1.54) is 20.5 Å². The topological polar surface area (TPSA) is 93.6 Å². The number of rotatable bonds is 3. The van der Waals surface area contributed by atoms with E-state index in [0.29, 0.717) is 5.69 Å². The Morgan fingerprint density at radius 2 is 2.19 bits per heavy atom. The molecule has 86 valence electrons. The van der Waals surface area contributed by atoms with Crippen molar-refractivity contribution in [3.63, 3.8) is 0 Å². The Labute approximate surface area is 91.1 Å². The summed E-state index contributed by atoms with van der Waals surface area (Å²) in [5.41, 5.74) is -0.285. The van der Waals surface area contributed by atoms with Gasteiger partial charge in [0.1, 0.15) is 7.11 Å². The molecule has 0 aliphatic heterocycles. The first kappa shape index (κ1) is 11.9. The highest BCUT2D eigenvalue weighted by Crippen LogP contribution is 2.01. The summed E-state index contributed by atoms with van der Waals surface area (Å²) in [5.74, 6) is -0.761. The molecular weight excluding hydrogens is 214 g/mol. The van der Waals surface area contributed by atoms with Gasteiger partial charge in [-0.2, -0.15) is 0 Å². The summed E-state index contributed by atoms with van der Waals surface area (Å²) in [6.45, 7) is 1.58. The lowest BCUT2D eigenvalue weighted by Gasteiger charge is -2.04. The van der Waals surface area contributed by atoms with Gasteiger partial charge in [-0.05, 0) is 6.92 Å². The van der Waals surface area contributed by atoms with Gasteiger partial charge in [0, 0.05) is 0 Å². The normalized spacial score (nSPS) is 11.1. The zero-order chi connectivity index (χ0) is 12.1. The van der Waals surface area contributed by atoms with Crippen LogP contribution < -0.4 is 5.56 Å². The van der Waals surface area contributed by atoms with Gasteiger partial charge in [-0.3, -0.25) is 4.79 Å². The number of carbonyl (C=O) groups is 1. The molecule has 7 nitrogen and oxygen atoms in total. The molecule has 0 bridgehead atoms. The van der Waals surface area contributed by atoms with E-state index in [1.54, 1.807) is 6.92 Å².